The lowest BCUT2D eigenvalue weighted by Gasteiger charge is -2.38. The van der Waals surface area contributed by atoms with Gasteiger partial charge in [0.25, 0.3) is 0 Å². The van der Waals surface area contributed by atoms with Crippen LogP contribution in [-0.4, -0.2) is 43.7 Å². The molecule has 0 unspecified atom stereocenters. The minimum absolute atomic E-state index is 0. The lowest BCUT2D eigenvalue weighted by molar-refractivity contribution is 0.151. The lowest BCUT2D eigenvalue weighted by atomic mass is 9.68. The minimum Gasteiger partial charge on any atom is -0.490 e. The van der Waals surface area contributed by atoms with Crippen LogP contribution in [0.5, 0.6) is 11.5 Å². The van der Waals surface area contributed by atoms with Crippen molar-refractivity contribution in [2.75, 3.05) is 32.8 Å². The Morgan fingerprint density at radius 3 is 2.65 bits per heavy atom. The number of nitrogens with zero attached hydrogens (tertiary/aromatic N) is 2. The Bertz CT molecular complexity index is 646. The van der Waals surface area contributed by atoms with Crippen LogP contribution in [0.2, 0.25) is 0 Å². The smallest absolute Gasteiger partial charge is 0.194 e. The standard InChI is InChI=1S/C20H29N3O2.HI/c1-2-21-19(23-10-9-20(15-23)7-3-8-20)22-14-16-5-6-17-18(13-16)25-12-4-11-24-17;/h5-6,13H,2-4,7-12,14-15H2,1H3,(H,21,22);1H. The molecule has 5 nitrogen and oxygen atoms in total. The molecule has 4 rings (SSSR count). The third-order valence-electron chi connectivity index (χ3n) is 5.71. The zero-order valence-corrected chi connectivity index (χ0v) is 18.0. The minimum atomic E-state index is 0. The van der Waals surface area contributed by atoms with E-state index in [2.05, 4.69) is 29.3 Å². The highest BCUT2D eigenvalue weighted by Crippen LogP contribution is 2.47. The van der Waals surface area contributed by atoms with E-state index in [0.29, 0.717) is 12.0 Å². The van der Waals surface area contributed by atoms with Crippen LogP contribution in [0.15, 0.2) is 23.2 Å². The molecule has 2 heterocycles. The largest absolute Gasteiger partial charge is 0.490 e. The number of halogens is 1. The molecule has 3 aliphatic rings. The average molecular weight is 471 g/mol. The van der Waals surface area contributed by atoms with Gasteiger partial charge in [0, 0.05) is 26.1 Å². The van der Waals surface area contributed by atoms with Crippen LogP contribution in [0.4, 0.5) is 0 Å². The number of hydrogen-bond donors (Lipinski definition) is 1. The van der Waals surface area contributed by atoms with Crippen LogP contribution >= 0.6 is 24.0 Å². The molecule has 1 aliphatic carbocycles. The number of ether oxygens (including phenoxy) is 2. The summed E-state index contributed by atoms with van der Waals surface area (Å²) in [6.45, 7) is 7.46. The summed E-state index contributed by atoms with van der Waals surface area (Å²) in [6, 6.07) is 6.18. The molecule has 1 aromatic rings. The van der Waals surface area contributed by atoms with Crippen LogP contribution < -0.4 is 14.8 Å². The van der Waals surface area contributed by atoms with Crippen LogP contribution in [0.25, 0.3) is 0 Å². The van der Waals surface area contributed by atoms with Gasteiger partial charge in [-0.05, 0) is 49.3 Å². The van der Waals surface area contributed by atoms with Crippen molar-refractivity contribution in [1.29, 1.82) is 0 Å². The van der Waals surface area contributed by atoms with Crippen molar-refractivity contribution < 1.29 is 9.47 Å². The summed E-state index contributed by atoms with van der Waals surface area (Å²) in [6.07, 6.45) is 6.44. The molecule has 6 heteroatoms. The molecule has 26 heavy (non-hydrogen) atoms. The molecular weight excluding hydrogens is 441 g/mol. The van der Waals surface area contributed by atoms with Gasteiger partial charge in [-0.3, -0.25) is 0 Å². The van der Waals surface area contributed by atoms with Crippen molar-refractivity contribution in [3.05, 3.63) is 23.8 Å². The highest BCUT2D eigenvalue weighted by molar-refractivity contribution is 14.0. The summed E-state index contributed by atoms with van der Waals surface area (Å²) < 4.78 is 11.5. The second kappa shape index (κ2) is 8.67. The Labute approximate surface area is 173 Å². The van der Waals surface area contributed by atoms with Gasteiger partial charge in [-0.1, -0.05) is 12.5 Å². The van der Waals surface area contributed by atoms with Crippen LogP contribution in [0.1, 0.15) is 44.6 Å². The molecule has 1 saturated carbocycles. The Balaban J connectivity index is 0.00000196. The maximum absolute atomic E-state index is 5.79. The molecule has 1 spiro atoms. The number of guanidine groups is 1. The van der Waals surface area contributed by atoms with E-state index in [4.69, 9.17) is 14.5 Å². The van der Waals surface area contributed by atoms with Crippen molar-refractivity contribution in [2.24, 2.45) is 10.4 Å². The van der Waals surface area contributed by atoms with Crippen molar-refractivity contribution >= 4 is 29.9 Å². The van der Waals surface area contributed by atoms with E-state index in [9.17, 15) is 0 Å². The summed E-state index contributed by atoms with van der Waals surface area (Å²) in [5, 5.41) is 3.47. The first-order valence-corrected chi connectivity index (χ1v) is 9.70. The summed E-state index contributed by atoms with van der Waals surface area (Å²) in [4.78, 5) is 7.35. The third-order valence-corrected chi connectivity index (χ3v) is 5.71. The van der Waals surface area contributed by atoms with Gasteiger partial charge in [0.15, 0.2) is 17.5 Å². The van der Waals surface area contributed by atoms with Gasteiger partial charge in [0.1, 0.15) is 0 Å². The maximum Gasteiger partial charge on any atom is 0.194 e. The highest BCUT2D eigenvalue weighted by atomic mass is 127. The highest BCUT2D eigenvalue weighted by Gasteiger charge is 2.43. The first kappa shape index (κ1) is 19.6. The molecule has 1 N–H and O–H groups in total. The SMILES string of the molecule is CCNC(=NCc1ccc2c(c1)OCCCO2)N1CCC2(CCC2)C1.I. The van der Waals surface area contributed by atoms with E-state index in [0.717, 1.165) is 55.7 Å². The number of likely N-dealkylation sites (tertiary alicyclic amines) is 1. The van der Waals surface area contributed by atoms with Crippen molar-refractivity contribution in [3.8, 4) is 11.5 Å². The summed E-state index contributed by atoms with van der Waals surface area (Å²) >= 11 is 0. The van der Waals surface area contributed by atoms with Gasteiger partial charge in [0.2, 0.25) is 0 Å². The molecule has 0 radical (unpaired) electrons. The number of aliphatic imine (C=N–C) groups is 1. The zero-order chi connectivity index (χ0) is 17.1. The average Bonchev–Trinajstić information content (AvgIpc) is 2.93. The fraction of sp³-hybridized carbons (Fsp3) is 0.650. The number of benzene rings is 1. The van der Waals surface area contributed by atoms with Crippen molar-refractivity contribution in [2.45, 2.75) is 45.6 Å². The normalized spacial score (nSPS) is 21.0. The predicted molar refractivity (Wildman–Crippen MR) is 115 cm³/mol. The molecule has 1 saturated heterocycles. The summed E-state index contributed by atoms with van der Waals surface area (Å²) in [5.41, 5.74) is 1.75. The number of nitrogens with one attached hydrogen (secondary N) is 1. The molecule has 2 aliphatic heterocycles. The zero-order valence-electron chi connectivity index (χ0n) is 15.6. The van der Waals surface area contributed by atoms with E-state index in [1.54, 1.807) is 0 Å². The van der Waals surface area contributed by atoms with Crippen LogP contribution in [0.3, 0.4) is 0 Å². The molecule has 1 aromatic carbocycles. The summed E-state index contributed by atoms with van der Waals surface area (Å²) in [5.74, 6) is 2.76. The quantitative estimate of drug-likeness (QED) is 0.414. The number of fused-ring (bicyclic) bond motifs is 1. The number of hydrogen-bond acceptors (Lipinski definition) is 3. The van der Waals surface area contributed by atoms with E-state index in [1.807, 2.05) is 6.07 Å². The van der Waals surface area contributed by atoms with Crippen molar-refractivity contribution in [1.82, 2.24) is 10.2 Å². The molecule has 144 valence electrons. The van der Waals surface area contributed by atoms with E-state index in [-0.39, 0.29) is 24.0 Å². The second-order valence-corrected chi connectivity index (χ2v) is 7.53. The van der Waals surface area contributed by atoms with Gasteiger partial charge in [-0.2, -0.15) is 0 Å². The van der Waals surface area contributed by atoms with Crippen LogP contribution in [-0.2, 0) is 6.54 Å². The van der Waals surface area contributed by atoms with Gasteiger partial charge >= 0.3 is 0 Å². The van der Waals surface area contributed by atoms with Crippen LogP contribution in [0, 0.1) is 5.41 Å². The molecule has 0 amide bonds. The van der Waals surface area contributed by atoms with E-state index < -0.39 is 0 Å². The van der Waals surface area contributed by atoms with E-state index >= 15 is 0 Å². The monoisotopic (exact) mass is 471 g/mol. The Morgan fingerprint density at radius 2 is 1.96 bits per heavy atom. The predicted octanol–water partition coefficient (Wildman–Crippen LogP) is 3.81. The molecular formula is C20H30IN3O2. The molecule has 0 aromatic heterocycles. The van der Waals surface area contributed by atoms with Gasteiger partial charge in [-0.25, -0.2) is 4.99 Å². The summed E-state index contributed by atoms with van der Waals surface area (Å²) in [7, 11) is 0. The first-order valence-electron chi connectivity index (χ1n) is 9.70. The third kappa shape index (κ3) is 4.21. The lowest BCUT2D eigenvalue weighted by Crippen LogP contribution is -2.42. The number of rotatable bonds is 3. The topological polar surface area (TPSA) is 46.1 Å². The van der Waals surface area contributed by atoms with Gasteiger partial charge in [-0.15, -0.1) is 24.0 Å². The molecule has 2 fully saturated rings. The fourth-order valence-corrected chi connectivity index (χ4v) is 4.10. The van der Waals surface area contributed by atoms with Crippen molar-refractivity contribution in [3.63, 3.8) is 0 Å². The van der Waals surface area contributed by atoms with E-state index in [1.165, 1.54) is 32.2 Å². The first-order chi connectivity index (χ1) is 12.3. The van der Waals surface area contributed by atoms with Gasteiger partial charge < -0.3 is 19.7 Å². The Morgan fingerprint density at radius 1 is 1.15 bits per heavy atom. The Hall–Kier alpha value is -1.18. The maximum atomic E-state index is 5.79. The second-order valence-electron chi connectivity index (χ2n) is 7.53. The Kier molecular flexibility index (Phi) is 6.53. The van der Waals surface area contributed by atoms with Gasteiger partial charge in [0.05, 0.1) is 19.8 Å². The molecule has 0 bridgehead atoms. The fourth-order valence-electron chi connectivity index (χ4n) is 4.10. The molecule has 0 atom stereocenters.